The second kappa shape index (κ2) is 9.37. The molecule has 6 heteroatoms. The number of ketones is 1. The Balaban J connectivity index is 1.51. The summed E-state index contributed by atoms with van der Waals surface area (Å²) in [7, 11) is 1.65. The van der Waals surface area contributed by atoms with Crippen LogP contribution in [0.2, 0.25) is 0 Å². The standard InChI is InChI=1S/C28H32N2O4/c1-17(24-16-25-18(2)21(5)34-28(25)19(3)27(24)33-6)15-26(32)30-13-11-29(12-14-30)23-9-7-22(8-10-23)20(4)31/h7-10,15-16H,11-14H2,1-6H3/b17-15+. The summed E-state index contributed by atoms with van der Waals surface area (Å²) in [5.74, 6) is 1.70. The van der Waals surface area contributed by atoms with E-state index in [9.17, 15) is 9.59 Å². The third-order valence-electron chi connectivity index (χ3n) is 6.85. The lowest BCUT2D eigenvalue weighted by atomic mass is 9.98. The summed E-state index contributed by atoms with van der Waals surface area (Å²) in [6, 6.07) is 9.73. The van der Waals surface area contributed by atoms with E-state index >= 15 is 0 Å². The number of piperazine rings is 1. The number of carbonyl (C=O) groups excluding carboxylic acids is 2. The van der Waals surface area contributed by atoms with Crippen molar-refractivity contribution in [3.8, 4) is 5.75 Å². The van der Waals surface area contributed by atoms with Gasteiger partial charge in [-0.1, -0.05) is 0 Å². The number of nitrogens with zero attached hydrogens (tertiary/aromatic N) is 2. The highest BCUT2D eigenvalue weighted by atomic mass is 16.5. The van der Waals surface area contributed by atoms with Crippen molar-refractivity contribution < 1.29 is 18.7 Å². The van der Waals surface area contributed by atoms with E-state index in [0.29, 0.717) is 18.7 Å². The van der Waals surface area contributed by atoms with Gasteiger partial charge in [-0.2, -0.15) is 0 Å². The third kappa shape index (κ3) is 4.32. The molecule has 0 aliphatic carbocycles. The van der Waals surface area contributed by atoms with Crippen molar-refractivity contribution in [3.05, 3.63) is 64.4 Å². The molecule has 0 N–H and O–H groups in total. The molecule has 0 unspecified atom stereocenters. The summed E-state index contributed by atoms with van der Waals surface area (Å²) in [6.45, 7) is 12.3. The summed E-state index contributed by atoms with van der Waals surface area (Å²) in [4.78, 5) is 28.7. The van der Waals surface area contributed by atoms with Crippen molar-refractivity contribution in [1.29, 1.82) is 0 Å². The minimum Gasteiger partial charge on any atom is -0.496 e. The molecule has 0 atom stereocenters. The number of furan rings is 1. The van der Waals surface area contributed by atoms with Crippen LogP contribution >= 0.6 is 0 Å². The number of methoxy groups -OCH3 is 1. The van der Waals surface area contributed by atoms with Crippen molar-refractivity contribution in [1.82, 2.24) is 4.90 Å². The summed E-state index contributed by atoms with van der Waals surface area (Å²) in [5.41, 5.74) is 6.44. The maximum atomic E-state index is 13.1. The zero-order valence-corrected chi connectivity index (χ0v) is 20.8. The van der Waals surface area contributed by atoms with Gasteiger partial charge in [-0.3, -0.25) is 9.59 Å². The van der Waals surface area contributed by atoms with Crippen molar-refractivity contribution in [2.75, 3.05) is 38.2 Å². The minimum absolute atomic E-state index is 0.00368. The molecule has 1 fully saturated rings. The van der Waals surface area contributed by atoms with Crippen LogP contribution in [0.4, 0.5) is 5.69 Å². The van der Waals surface area contributed by atoms with Crippen LogP contribution in [0.25, 0.3) is 16.5 Å². The van der Waals surface area contributed by atoms with Crippen molar-refractivity contribution >= 4 is 33.9 Å². The van der Waals surface area contributed by atoms with Crippen molar-refractivity contribution in [2.24, 2.45) is 0 Å². The van der Waals surface area contributed by atoms with E-state index in [0.717, 1.165) is 63.5 Å². The maximum absolute atomic E-state index is 13.1. The van der Waals surface area contributed by atoms with Gasteiger partial charge in [0.2, 0.25) is 5.91 Å². The quantitative estimate of drug-likeness (QED) is 0.381. The summed E-state index contributed by atoms with van der Waals surface area (Å²) in [6.07, 6.45) is 1.71. The molecular weight excluding hydrogens is 428 g/mol. The first-order chi connectivity index (χ1) is 16.2. The van der Waals surface area contributed by atoms with Gasteiger partial charge in [0.1, 0.15) is 17.1 Å². The second-order valence-electron chi connectivity index (χ2n) is 8.99. The average Bonchev–Trinajstić information content (AvgIpc) is 3.13. The molecule has 178 valence electrons. The number of allylic oxidation sites excluding steroid dienone is 1. The van der Waals surface area contributed by atoms with Crippen LogP contribution in [0.1, 0.15) is 46.7 Å². The van der Waals surface area contributed by atoms with Gasteiger partial charge in [-0.15, -0.1) is 0 Å². The fourth-order valence-electron chi connectivity index (χ4n) is 4.61. The van der Waals surface area contributed by atoms with Crippen molar-refractivity contribution in [3.63, 3.8) is 0 Å². The molecule has 2 heterocycles. The first-order valence-electron chi connectivity index (χ1n) is 11.6. The van der Waals surface area contributed by atoms with Crippen LogP contribution in [0, 0.1) is 20.8 Å². The molecule has 1 amide bonds. The largest absolute Gasteiger partial charge is 0.496 e. The molecule has 3 aromatic rings. The number of fused-ring (bicyclic) bond motifs is 1. The first-order valence-corrected chi connectivity index (χ1v) is 11.6. The van der Waals surface area contributed by atoms with Gasteiger partial charge in [0, 0.05) is 60.0 Å². The summed E-state index contributed by atoms with van der Waals surface area (Å²) >= 11 is 0. The third-order valence-corrected chi connectivity index (χ3v) is 6.85. The minimum atomic E-state index is 0.00368. The number of hydrogen-bond donors (Lipinski definition) is 0. The number of ether oxygens (including phenoxy) is 1. The van der Waals surface area contributed by atoms with E-state index in [2.05, 4.69) is 11.0 Å². The van der Waals surface area contributed by atoms with Gasteiger partial charge < -0.3 is 19.0 Å². The molecule has 34 heavy (non-hydrogen) atoms. The SMILES string of the molecule is COc1c(/C(C)=C/C(=O)N2CCN(c3ccc(C(C)=O)cc3)CC2)cc2c(C)c(C)oc2c1C. The van der Waals surface area contributed by atoms with Gasteiger partial charge >= 0.3 is 0 Å². The van der Waals surface area contributed by atoms with Gasteiger partial charge in [0.05, 0.1) is 7.11 Å². The smallest absolute Gasteiger partial charge is 0.246 e. The lowest BCUT2D eigenvalue weighted by Crippen LogP contribution is -2.48. The second-order valence-corrected chi connectivity index (χ2v) is 8.99. The van der Waals surface area contributed by atoms with Crippen LogP contribution in [-0.2, 0) is 4.79 Å². The number of carbonyl (C=O) groups is 2. The summed E-state index contributed by atoms with van der Waals surface area (Å²) < 4.78 is 11.7. The number of rotatable bonds is 5. The predicted molar refractivity (Wildman–Crippen MR) is 136 cm³/mol. The zero-order chi connectivity index (χ0) is 24.6. The lowest BCUT2D eigenvalue weighted by Gasteiger charge is -2.35. The zero-order valence-electron chi connectivity index (χ0n) is 20.8. The van der Waals surface area contributed by atoms with Crippen LogP contribution in [0.5, 0.6) is 5.75 Å². The molecule has 1 aliphatic rings. The molecule has 0 saturated carbocycles. The van der Waals surface area contributed by atoms with Gasteiger partial charge in [0.15, 0.2) is 5.78 Å². The Hall–Kier alpha value is -3.54. The Bertz CT molecular complexity index is 1280. The number of aryl methyl sites for hydroxylation is 3. The fourth-order valence-corrected chi connectivity index (χ4v) is 4.61. The molecule has 0 bridgehead atoms. The first kappa shape index (κ1) is 23.6. The highest BCUT2D eigenvalue weighted by molar-refractivity contribution is 5.98. The van der Waals surface area contributed by atoms with Crippen LogP contribution in [0.15, 0.2) is 40.8 Å². The molecule has 2 aromatic carbocycles. The molecule has 1 aliphatic heterocycles. The van der Waals surface area contributed by atoms with Gasteiger partial charge in [-0.05, 0) is 76.1 Å². The Morgan fingerprint density at radius 3 is 2.21 bits per heavy atom. The van der Waals surface area contributed by atoms with Crippen molar-refractivity contribution in [2.45, 2.75) is 34.6 Å². The van der Waals surface area contributed by atoms with Gasteiger partial charge in [0.25, 0.3) is 0 Å². The Labute approximate surface area is 200 Å². The summed E-state index contributed by atoms with van der Waals surface area (Å²) in [5, 5.41) is 1.05. The van der Waals surface area contributed by atoms with Crippen LogP contribution in [-0.4, -0.2) is 49.9 Å². The number of anilines is 1. The fraction of sp³-hybridized carbons (Fsp3) is 0.357. The topological polar surface area (TPSA) is 63.0 Å². The molecule has 0 spiro atoms. The predicted octanol–water partition coefficient (Wildman–Crippen LogP) is 5.32. The molecule has 1 saturated heterocycles. The van der Waals surface area contributed by atoms with Gasteiger partial charge in [-0.25, -0.2) is 0 Å². The number of benzene rings is 2. The van der Waals surface area contributed by atoms with E-state index in [1.54, 1.807) is 20.1 Å². The van der Waals surface area contributed by atoms with E-state index in [1.165, 1.54) is 0 Å². The van der Waals surface area contributed by atoms with Crippen LogP contribution < -0.4 is 9.64 Å². The molecule has 1 aromatic heterocycles. The molecule has 0 radical (unpaired) electrons. The van der Waals surface area contributed by atoms with Crippen LogP contribution in [0.3, 0.4) is 0 Å². The molecule has 4 rings (SSSR count). The van der Waals surface area contributed by atoms with E-state index in [1.807, 2.05) is 56.9 Å². The van der Waals surface area contributed by atoms with E-state index < -0.39 is 0 Å². The average molecular weight is 461 g/mol. The Kier molecular flexibility index (Phi) is 6.51. The number of hydrogen-bond acceptors (Lipinski definition) is 5. The van der Waals surface area contributed by atoms with E-state index in [-0.39, 0.29) is 11.7 Å². The Morgan fingerprint density at radius 1 is 0.971 bits per heavy atom. The number of Topliss-reactive ketones (excluding diaryl/α,β-unsaturated/α-hetero) is 1. The molecule has 6 nitrogen and oxygen atoms in total. The lowest BCUT2D eigenvalue weighted by molar-refractivity contribution is -0.126. The highest BCUT2D eigenvalue weighted by Crippen LogP contribution is 2.38. The highest BCUT2D eigenvalue weighted by Gasteiger charge is 2.22. The normalized spacial score (nSPS) is 14.6. The monoisotopic (exact) mass is 460 g/mol. The molecular formula is C28H32N2O4. The number of amides is 1. The van der Waals surface area contributed by atoms with E-state index in [4.69, 9.17) is 9.15 Å². The Morgan fingerprint density at radius 2 is 1.62 bits per heavy atom. The maximum Gasteiger partial charge on any atom is 0.246 e.